The van der Waals surface area contributed by atoms with Crippen molar-refractivity contribution in [2.45, 2.75) is 20.3 Å². The fraction of sp³-hybridized carbons (Fsp3) is 0.500. The first-order valence-corrected chi connectivity index (χ1v) is 5.57. The molecule has 2 unspecified atom stereocenters. The van der Waals surface area contributed by atoms with Gasteiger partial charge in [0, 0.05) is 24.4 Å². The Morgan fingerprint density at radius 1 is 1.56 bits per heavy atom. The average molecular weight is 220 g/mol. The van der Waals surface area contributed by atoms with Crippen LogP contribution in [0.25, 0.3) is 0 Å². The molecule has 1 fully saturated rings. The Labute approximate surface area is 94.8 Å². The summed E-state index contributed by atoms with van der Waals surface area (Å²) in [5.41, 5.74) is 2.09. The number of non-ortho nitro benzene ring substituents is 1. The van der Waals surface area contributed by atoms with Gasteiger partial charge in [-0.05, 0) is 36.8 Å². The van der Waals surface area contributed by atoms with Gasteiger partial charge in [0.1, 0.15) is 0 Å². The molecule has 0 aliphatic heterocycles. The lowest BCUT2D eigenvalue weighted by Gasteiger charge is -2.08. The Bertz CT molecular complexity index is 417. The Kier molecular flexibility index (Phi) is 2.81. The molecule has 0 bridgehead atoms. The van der Waals surface area contributed by atoms with Crippen LogP contribution < -0.4 is 5.32 Å². The van der Waals surface area contributed by atoms with Crippen LogP contribution in [-0.4, -0.2) is 11.5 Å². The lowest BCUT2D eigenvalue weighted by molar-refractivity contribution is -0.384. The highest BCUT2D eigenvalue weighted by Gasteiger charge is 2.31. The Balaban J connectivity index is 2.01. The van der Waals surface area contributed by atoms with Crippen LogP contribution in [0.4, 0.5) is 11.4 Å². The van der Waals surface area contributed by atoms with E-state index in [0.717, 1.165) is 29.6 Å². The van der Waals surface area contributed by atoms with Gasteiger partial charge in [0.15, 0.2) is 0 Å². The molecule has 1 aromatic rings. The van der Waals surface area contributed by atoms with Crippen LogP contribution in [0.1, 0.15) is 18.9 Å². The fourth-order valence-corrected chi connectivity index (χ4v) is 1.88. The van der Waals surface area contributed by atoms with Crippen molar-refractivity contribution in [3.8, 4) is 0 Å². The highest BCUT2D eigenvalue weighted by molar-refractivity contribution is 5.55. The molecule has 4 nitrogen and oxygen atoms in total. The lowest BCUT2D eigenvalue weighted by Crippen LogP contribution is -2.05. The zero-order valence-electron chi connectivity index (χ0n) is 9.56. The lowest BCUT2D eigenvalue weighted by atomic mass is 10.1. The highest BCUT2D eigenvalue weighted by Crippen LogP contribution is 2.37. The van der Waals surface area contributed by atoms with E-state index in [4.69, 9.17) is 0 Å². The third kappa shape index (κ3) is 2.32. The largest absolute Gasteiger partial charge is 0.385 e. The first-order chi connectivity index (χ1) is 7.58. The number of aryl methyl sites for hydroxylation is 1. The molecule has 4 heteroatoms. The molecule has 2 rings (SSSR count). The third-order valence-corrected chi connectivity index (χ3v) is 3.25. The molecule has 0 spiro atoms. The molecule has 1 aliphatic rings. The molecule has 0 heterocycles. The number of nitro benzene ring substituents is 1. The van der Waals surface area contributed by atoms with Crippen LogP contribution in [-0.2, 0) is 0 Å². The molecular weight excluding hydrogens is 204 g/mol. The van der Waals surface area contributed by atoms with E-state index >= 15 is 0 Å². The molecule has 16 heavy (non-hydrogen) atoms. The SMILES string of the molecule is Cc1cc([N+](=O)[O-])ccc1NCC1CC1C. The van der Waals surface area contributed by atoms with Crippen LogP contribution in [0.15, 0.2) is 18.2 Å². The maximum Gasteiger partial charge on any atom is 0.269 e. The summed E-state index contributed by atoms with van der Waals surface area (Å²) < 4.78 is 0. The van der Waals surface area contributed by atoms with Crippen LogP contribution in [0, 0.1) is 28.9 Å². The second-order valence-corrected chi connectivity index (χ2v) is 4.61. The maximum atomic E-state index is 10.6. The molecule has 1 aromatic carbocycles. The van der Waals surface area contributed by atoms with E-state index in [1.54, 1.807) is 18.2 Å². The van der Waals surface area contributed by atoms with Gasteiger partial charge in [-0.1, -0.05) is 6.92 Å². The molecule has 86 valence electrons. The number of rotatable bonds is 4. The summed E-state index contributed by atoms with van der Waals surface area (Å²) in [6.45, 7) is 5.11. The maximum absolute atomic E-state index is 10.6. The summed E-state index contributed by atoms with van der Waals surface area (Å²) >= 11 is 0. The van der Waals surface area contributed by atoms with E-state index in [1.165, 1.54) is 6.42 Å². The van der Waals surface area contributed by atoms with Gasteiger partial charge in [0.2, 0.25) is 0 Å². The van der Waals surface area contributed by atoms with E-state index in [0.29, 0.717) is 0 Å². The van der Waals surface area contributed by atoms with Crippen molar-refractivity contribution in [1.29, 1.82) is 0 Å². The molecule has 0 amide bonds. The van der Waals surface area contributed by atoms with Gasteiger partial charge in [0.25, 0.3) is 5.69 Å². The summed E-state index contributed by atoms with van der Waals surface area (Å²) in [6.07, 6.45) is 1.29. The standard InChI is InChI=1S/C12H16N2O2/c1-8-5-10(8)7-13-12-4-3-11(14(15)16)6-9(12)2/h3-4,6,8,10,13H,5,7H2,1-2H3. The third-order valence-electron chi connectivity index (χ3n) is 3.25. The van der Waals surface area contributed by atoms with Gasteiger partial charge in [-0.2, -0.15) is 0 Å². The number of nitro groups is 1. The van der Waals surface area contributed by atoms with Crippen molar-refractivity contribution in [3.05, 3.63) is 33.9 Å². The summed E-state index contributed by atoms with van der Waals surface area (Å²) in [7, 11) is 0. The molecule has 1 N–H and O–H groups in total. The van der Waals surface area contributed by atoms with E-state index < -0.39 is 0 Å². The number of hydrogen-bond donors (Lipinski definition) is 1. The first-order valence-electron chi connectivity index (χ1n) is 5.57. The highest BCUT2D eigenvalue weighted by atomic mass is 16.6. The summed E-state index contributed by atoms with van der Waals surface area (Å²) in [5.74, 6) is 1.60. The van der Waals surface area contributed by atoms with Gasteiger partial charge >= 0.3 is 0 Å². The second kappa shape index (κ2) is 4.12. The van der Waals surface area contributed by atoms with Crippen molar-refractivity contribution < 1.29 is 4.92 Å². The van der Waals surface area contributed by atoms with Crippen LogP contribution in [0.2, 0.25) is 0 Å². The molecular formula is C12H16N2O2. The second-order valence-electron chi connectivity index (χ2n) is 4.61. The van der Waals surface area contributed by atoms with E-state index in [9.17, 15) is 10.1 Å². The number of anilines is 1. The van der Waals surface area contributed by atoms with Crippen molar-refractivity contribution >= 4 is 11.4 Å². The zero-order chi connectivity index (χ0) is 11.7. The van der Waals surface area contributed by atoms with Gasteiger partial charge < -0.3 is 5.32 Å². The van der Waals surface area contributed by atoms with Gasteiger partial charge in [-0.3, -0.25) is 10.1 Å². The number of nitrogens with zero attached hydrogens (tertiary/aromatic N) is 1. The van der Waals surface area contributed by atoms with Crippen molar-refractivity contribution in [3.63, 3.8) is 0 Å². The quantitative estimate of drug-likeness (QED) is 0.627. The smallest absolute Gasteiger partial charge is 0.269 e. The van der Waals surface area contributed by atoms with Gasteiger partial charge in [-0.15, -0.1) is 0 Å². The molecule has 0 saturated heterocycles. The topological polar surface area (TPSA) is 55.2 Å². The number of benzene rings is 1. The summed E-state index contributed by atoms with van der Waals surface area (Å²) in [5, 5.41) is 13.9. The number of hydrogen-bond acceptors (Lipinski definition) is 3. The molecule has 0 aromatic heterocycles. The molecule has 2 atom stereocenters. The van der Waals surface area contributed by atoms with Crippen LogP contribution in [0.3, 0.4) is 0 Å². The minimum absolute atomic E-state index is 0.155. The average Bonchev–Trinajstić information content (AvgIpc) is 2.92. The first kappa shape index (κ1) is 10.9. The van der Waals surface area contributed by atoms with Crippen molar-refractivity contribution in [1.82, 2.24) is 0 Å². The normalized spacial score (nSPS) is 22.9. The van der Waals surface area contributed by atoms with Crippen molar-refractivity contribution in [2.75, 3.05) is 11.9 Å². The van der Waals surface area contributed by atoms with Gasteiger partial charge in [-0.25, -0.2) is 0 Å². The minimum atomic E-state index is -0.361. The van der Waals surface area contributed by atoms with E-state index in [-0.39, 0.29) is 10.6 Å². The van der Waals surface area contributed by atoms with Crippen LogP contribution >= 0.6 is 0 Å². The minimum Gasteiger partial charge on any atom is -0.385 e. The predicted octanol–water partition coefficient (Wildman–Crippen LogP) is 2.97. The van der Waals surface area contributed by atoms with E-state index in [1.807, 2.05) is 6.92 Å². The summed E-state index contributed by atoms with van der Waals surface area (Å²) in [6, 6.07) is 4.95. The monoisotopic (exact) mass is 220 g/mol. The zero-order valence-corrected chi connectivity index (χ0v) is 9.56. The number of nitrogens with one attached hydrogen (secondary N) is 1. The van der Waals surface area contributed by atoms with Crippen LogP contribution in [0.5, 0.6) is 0 Å². The Morgan fingerprint density at radius 3 is 2.75 bits per heavy atom. The van der Waals surface area contributed by atoms with Gasteiger partial charge in [0.05, 0.1) is 4.92 Å². The van der Waals surface area contributed by atoms with Crippen molar-refractivity contribution in [2.24, 2.45) is 11.8 Å². The molecule has 1 saturated carbocycles. The Hall–Kier alpha value is -1.58. The van der Waals surface area contributed by atoms with E-state index in [2.05, 4.69) is 12.2 Å². The summed E-state index contributed by atoms with van der Waals surface area (Å²) in [4.78, 5) is 10.2. The molecule has 1 aliphatic carbocycles. The predicted molar refractivity (Wildman–Crippen MR) is 63.6 cm³/mol. The Morgan fingerprint density at radius 2 is 2.25 bits per heavy atom. The molecule has 0 radical (unpaired) electrons. The fourth-order valence-electron chi connectivity index (χ4n) is 1.88.